The highest BCUT2D eigenvalue weighted by atomic mass is 32.2. The summed E-state index contributed by atoms with van der Waals surface area (Å²) < 4.78 is 22.6. The molecule has 1 aromatic carbocycles. The number of piperidine rings is 1. The lowest BCUT2D eigenvalue weighted by Crippen LogP contribution is -2.44. The Balaban J connectivity index is 1.34. The van der Waals surface area contributed by atoms with E-state index in [1.54, 1.807) is 37.5 Å². The molecule has 1 saturated heterocycles. The van der Waals surface area contributed by atoms with Crippen LogP contribution < -0.4 is 4.74 Å². The highest BCUT2D eigenvalue weighted by Gasteiger charge is 2.34. The van der Waals surface area contributed by atoms with Gasteiger partial charge in [-0.25, -0.2) is 9.37 Å². The van der Waals surface area contributed by atoms with Crippen molar-refractivity contribution < 1.29 is 19.0 Å². The van der Waals surface area contributed by atoms with Gasteiger partial charge in [0.25, 0.3) is 0 Å². The number of ether oxygens (including phenoxy) is 1. The fourth-order valence-corrected chi connectivity index (χ4v) is 5.67. The molecule has 0 radical (unpaired) electrons. The zero-order valence-corrected chi connectivity index (χ0v) is 20.4. The number of nitrogens with zero attached hydrogens (tertiary/aromatic N) is 4. The van der Waals surface area contributed by atoms with Gasteiger partial charge in [-0.2, -0.15) is 0 Å². The van der Waals surface area contributed by atoms with Gasteiger partial charge in [-0.1, -0.05) is 0 Å². The number of methoxy groups -OCH3 is 1. The van der Waals surface area contributed by atoms with Gasteiger partial charge < -0.3 is 19.3 Å². The van der Waals surface area contributed by atoms with E-state index in [1.807, 2.05) is 36.0 Å². The fraction of sp³-hybridized carbons (Fsp3) is 0.480. The summed E-state index contributed by atoms with van der Waals surface area (Å²) in [6.07, 6.45) is 5.67. The summed E-state index contributed by atoms with van der Waals surface area (Å²) in [6.45, 7) is 2.17. The minimum Gasteiger partial charge on any atom is -0.497 e. The van der Waals surface area contributed by atoms with Gasteiger partial charge in [-0.05, 0) is 61.6 Å². The van der Waals surface area contributed by atoms with Gasteiger partial charge in [0.2, 0.25) is 0 Å². The summed E-state index contributed by atoms with van der Waals surface area (Å²) in [5.74, 6) is 0.246. The number of aryl methyl sites for hydroxylation is 1. The van der Waals surface area contributed by atoms with Gasteiger partial charge in [0.1, 0.15) is 11.9 Å². The Labute approximate surface area is 203 Å². The van der Waals surface area contributed by atoms with E-state index in [-0.39, 0.29) is 5.92 Å². The Morgan fingerprint density at radius 3 is 2.97 bits per heavy atom. The maximum Gasteiger partial charge on any atom is 0.308 e. The lowest BCUT2D eigenvalue weighted by molar-refractivity contribution is -0.146. The third-order valence-corrected chi connectivity index (χ3v) is 7.77. The van der Waals surface area contributed by atoms with Crippen molar-refractivity contribution in [2.45, 2.75) is 30.5 Å². The molecule has 1 N–H and O–H groups in total. The van der Waals surface area contributed by atoms with Gasteiger partial charge in [0.05, 0.1) is 36.1 Å². The average molecular weight is 487 g/mol. The van der Waals surface area contributed by atoms with Crippen LogP contribution in [-0.4, -0.2) is 63.0 Å². The SMILES string of the molecule is COc1ccc2nccc([C@H](F)CC[C@@H]3CCN(CCSc4cncn4C)C[C@@H]3C(=O)O)c2c1. The van der Waals surface area contributed by atoms with E-state index in [2.05, 4.69) is 14.9 Å². The number of carbonyl (C=O) groups is 1. The Morgan fingerprint density at radius 2 is 2.24 bits per heavy atom. The van der Waals surface area contributed by atoms with Crippen molar-refractivity contribution in [3.8, 4) is 5.75 Å². The number of carboxylic acid groups (broad SMARTS) is 1. The summed E-state index contributed by atoms with van der Waals surface area (Å²) in [5, 5.41) is 11.7. The molecular weight excluding hydrogens is 455 g/mol. The van der Waals surface area contributed by atoms with Crippen molar-refractivity contribution in [2.75, 3.05) is 32.5 Å². The molecule has 7 nitrogen and oxygen atoms in total. The van der Waals surface area contributed by atoms with Gasteiger partial charge in [-0.15, -0.1) is 11.8 Å². The number of imidazole rings is 1. The van der Waals surface area contributed by atoms with E-state index in [9.17, 15) is 9.90 Å². The number of rotatable bonds is 10. The number of alkyl halides is 1. The van der Waals surface area contributed by atoms with Crippen LogP contribution in [0, 0.1) is 11.8 Å². The molecule has 0 bridgehead atoms. The largest absolute Gasteiger partial charge is 0.497 e. The minimum atomic E-state index is -1.18. The van der Waals surface area contributed by atoms with Crippen molar-refractivity contribution in [1.82, 2.24) is 19.4 Å². The normalized spacial score (nSPS) is 19.9. The molecule has 1 fully saturated rings. The van der Waals surface area contributed by atoms with Crippen LogP contribution in [0.2, 0.25) is 0 Å². The topological polar surface area (TPSA) is 80.5 Å². The van der Waals surface area contributed by atoms with E-state index in [4.69, 9.17) is 4.74 Å². The molecule has 0 amide bonds. The Hall–Kier alpha value is -2.65. The standard InChI is InChI=1S/C25H31FN4O3S/c1-29-16-27-14-24(29)34-12-11-30-10-8-17(21(15-30)25(31)32)3-5-22(26)19-7-9-28-23-6-4-18(33-2)13-20(19)23/h4,6-7,9,13-14,16-17,21-22H,3,5,8,10-12,15H2,1-2H3,(H,31,32)/t17-,21+,22-/m1/s1. The molecule has 1 aliphatic rings. The van der Waals surface area contributed by atoms with E-state index < -0.39 is 18.1 Å². The van der Waals surface area contributed by atoms with E-state index in [0.29, 0.717) is 30.7 Å². The molecule has 3 atom stereocenters. The zero-order valence-electron chi connectivity index (χ0n) is 19.6. The molecular formula is C25H31FN4O3S. The third-order valence-electron chi connectivity index (χ3n) is 6.70. The molecule has 34 heavy (non-hydrogen) atoms. The molecule has 3 heterocycles. The number of hydrogen-bond donors (Lipinski definition) is 1. The molecule has 0 spiro atoms. The first-order valence-corrected chi connectivity index (χ1v) is 12.6. The van der Waals surface area contributed by atoms with Gasteiger partial charge in [-0.3, -0.25) is 9.78 Å². The number of aromatic nitrogens is 3. The van der Waals surface area contributed by atoms with E-state index in [0.717, 1.165) is 41.2 Å². The van der Waals surface area contributed by atoms with Gasteiger partial charge in [0, 0.05) is 37.5 Å². The van der Waals surface area contributed by atoms with Crippen LogP contribution in [0.25, 0.3) is 10.9 Å². The Morgan fingerprint density at radius 1 is 1.38 bits per heavy atom. The predicted molar refractivity (Wildman–Crippen MR) is 131 cm³/mol. The number of fused-ring (bicyclic) bond motifs is 1. The van der Waals surface area contributed by atoms with Crippen LogP contribution in [-0.2, 0) is 11.8 Å². The van der Waals surface area contributed by atoms with Crippen molar-refractivity contribution in [3.63, 3.8) is 0 Å². The monoisotopic (exact) mass is 486 g/mol. The number of benzene rings is 1. The number of pyridine rings is 1. The number of carboxylic acids is 1. The summed E-state index contributed by atoms with van der Waals surface area (Å²) in [5.41, 5.74) is 1.31. The fourth-order valence-electron chi connectivity index (χ4n) is 4.72. The average Bonchev–Trinajstić information content (AvgIpc) is 3.26. The predicted octanol–water partition coefficient (Wildman–Crippen LogP) is 4.58. The van der Waals surface area contributed by atoms with E-state index in [1.165, 1.54) is 0 Å². The van der Waals surface area contributed by atoms with Crippen LogP contribution in [0.5, 0.6) is 5.75 Å². The number of aliphatic carboxylic acids is 1. The number of likely N-dealkylation sites (tertiary alicyclic amines) is 1. The quantitative estimate of drug-likeness (QED) is 0.420. The smallest absolute Gasteiger partial charge is 0.308 e. The lowest BCUT2D eigenvalue weighted by atomic mass is 9.81. The second-order valence-corrected chi connectivity index (χ2v) is 9.93. The highest BCUT2D eigenvalue weighted by Crippen LogP contribution is 2.35. The van der Waals surface area contributed by atoms with Gasteiger partial charge >= 0.3 is 5.97 Å². The zero-order chi connectivity index (χ0) is 24.1. The van der Waals surface area contributed by atoms with Crippen molar-refractivity contribution in [1.29, 1.82) is 0 Å². The lowest BCUT2D eigenvalue weighted by Gasteiger charge is -2.36. The second kappa shape index (κ2) is 11.2. The van der Waals surface area contributed by atoms with Crippen LogP contribution >= 0.6 is 11.8 Å². The Bertz CT molecular complexity index is 1120. The first-order chi connectivity index (χ1) is 16.5. The first-order valence-electron chi connectivity index (χ1n) is 11.6. The molecule has 3 aromatic rings. The van der Waals surface area contributed by atoms with Crippen molar-refractivity contribution in [3.05, 3.63) is 48.5 Å². The maximum atomic E-state index is 15.4. The van der Waals surface area contributed by atoms with Crippen molar-refractivity contribution >= 4 is 28.6 Å². The van der Waals surface area contributed by atoms with E-state index >= 15 is 4.39 Å². The van der Waals surface area contributed by atoms with Crippen molar-refractivity contribution in [2.24, 2.45) is 18.9 Å². The summed E-state index contributed by atoms with van der Waals surface area (Å²) in [6, 6.07) is 7.16. The summed E-state index contributed by atoms with van der Waals surface area (Å²) in [4.78, 5) is 22.7. The summed E-state index contributed by atoms with van der Waals surface area (Å²) >= 11 is 1.72. The third kappa shape index (κ3) is 5.70. The second-order valence-electron chi connectivity index (χ2n) is 8.81. The van der Waals surface area contributed by atoms with Crippen LogP contribution in [0.15, 0.2) is 48.0 Å². The molecule has 182 valence electrons. The highest BCUT2D eigenvalue weighted by molar-refractivity contribution is 7.99. The van der Waals surface area contributed by atoms with Crippen LogP contribution in [0.3, 0.4) is 0 Å². The first kappa shape index (κ1) is 24.5. The maximum absolute atomic E-state index is 15.4. The minimum absolute atomic E-state index is 0.0284. The molecule has 0 aliphatic carbocycles. The number of thioether (sulfide) groups is 1. The van der Waals surface area contributed by atoms with Crippen LogP contribution in [0.4, 0.5) is 4.39 Å². The molecule has 9 heteroatoms. The molecule has 0 saturated carbocycles. The molecule has 0 unspecified atom stereocenters. The van der Waals surface area contributed by atoms with Gasteiger partial charge in [0.15, 0.2) is 0 Å². The Kier molecular flexibility index (Phi) is 8.05. The molecule has 1 aliphatic heterocycles. The molecule has 2 aromatic heterocycles. The summed E-state index contributed by atoms with van der Waals surface area (Å²) in [7, 11) is 3.55. The molecule has 4 rings (SSSR count). The van der Waals surface area contributed by atoms with Crippen LogP contribution in [0.1, 0.15) is 31.0 Å². The number of halogens is 1. The number of hydrogen-bond acceptors (Lipinski definition) is 6.